The summed E-state index contributed by atoms with van der Waals surface area (Å²) in [6.45, 7) is 0.588. The number of aliphatic hydroxyl groups excluding tert-OH is 1. The average Bonchev–Trinajstić information content (AvgIpc) is 2.04. The normalized spacial score (nSPS) is 13.2. The SMILES string of the molecule is CN(C)C[C@H](O)c1ccc(O)cc1. The molecule has 0 saturated heterocycles. The van der Waals surface area contributed by atoms with Crippen LogP contribution in [-0.2, 0) is 0 Å². The summed E-state index contributed by atoms with van der Waals surface area (Å²) < 4.78 is 0. The number of nitrogens with zero attached hydrogens (tertiary/aromatic N) is 1. The van der Waals surface area contributed by atoms with Crippen molar-refractivity contribution in [3.63, 3.8) is 0 Å². The highest BCUT2D eigenvalue weighted by Gasteiger charge is 2.07. The highest BCUT2D eigenvalue weighted by atomic mass is 16.3. The summed E-state index contributed by atoms with van der Waals surface area (Å²) >= 11 is 0. The molecule has 0 aliphatic rings. The Morgan fingerprint density at radius 1 is 1.23 bits per heavy atom. The van der Waals surface area contributed by atoms with Crippen molar-refractivity contribution in [3.8, 4) is 5.75 Å². The first-order valence-electron chi connectivity index (χ1n) is 4.21. The summed E-state index contributed by atoms with van der Waals surface area (Å²) in [5.41, 5.74) is 0.825. The van der Waals surface area contributed by atoms with Gasteiger partial charge < -0.3 is 15.1 Å². The van der Waals surface area contributed by atoms with Gasteiger partial charge in [0, 0.05) is 6.54 Å². The van der Waals surface area contributed by atoms with Crippen LogP contribution in [0.4, 0.5) is 0 Å². The van der Waals surface area contributed by atoms with Crippen molar-refractivity contribution in [2.75, 3.05) is 20.6 Å². The third-order valence-corrected chi connectivity index (χ3v) is 1.82. The Kier molecular flexibility index (Phi) is 3.28. The fourth-order valence-corrected chi connectivity index (χ4v) is 1.15. The minimum atomic E-state index is -0.490. The van der Waals surface area contributed by atoms with Gasteiger partial charge in [0.1, 0.15) is 5.75 Å². The van der Waals surface area contributed by atoms with E-state index in [-0.39, 0.29) is 5.75 Å². The Morgan fingerprint density at radius 2 is 1.77 bits per heavy atom. The van der Waals surface area contributed by atoms with E-state index in [1.54, 1.807) is 24.3 Å². The predicted molar refractivity (Wildman–Crippen MR) is 51.6 cm³/mol. The topological polar surface area (TPSA) is 43.7 Å². The lowest BCUT2D eigenvalue weighted by Crippen LogP contribution is -2.19. The molecule has 3 heteroatoms. The van der Waals surface area contributed by atoms with Crippen molar-refractivity contribution < 1.29 is 10.2 Å². The third kappa shape index (κ3) is 3.05. The van der Waals surface area contributed by atoms with E-state index in [4.69, 9.17) is 5.11 Å². The molecule has 0 aliphatic carbocycles. The van der Waals surface area contributed by atoms with E-state index in [0.717, 1.165) is 5.56 Å². The van der Waals surface area contributed by atoms with Crippen molar-refractivity contribution >= 4 is 0 Å². The second-order valence-electron chi connectivity index (χ2n) is 3.37. The molecule has 72 valence electrons. The molecular weight excluding hydrogens is 166 g/mol. The molecule has 3 nitrogen and oxygen atoms in total. The van der Waals surface area contributed by atoms with Gasteiger partial charge in [-0.05, 0) is 31.8 Å². The summed E-state index contributed by atoms with van der Waals surface area (Å²) in [5, 5.41) is 18.7. The van der Waals surface area contributed by atoms with Crippen molar-refractivity contribution in [3.05, 3.63) is 29.8 Å². The number of benzene rings is 1. The van der Waals surface area contributed by atoms with Crippen LogP contribution in [0, 0.1) is 0 Å². The van der Waals surface area contributed by atoms with Gasteiger partial charge >= 0.3 is 0 Å². The van der Waals surface area contributed by atoms with Crippen LogP contribution in [-0.4, -0.2) is 35.8 Å². The number of aromatic hydroxyl groups is 1. The maximum atomic E-state index is 9.66. The molecule has 0 unspecified atom stereocenters. The zero-order valence-electron chi connectivity index (χ0n) is 7.94. The monoisotopic (exact) mass is 181 g/mol. The number of phenolic OH excluding ortho intramolecular Hbond substituents is 1. The Morgan fingerprint density at radius 3 is 2.23 bits per heavy atom. The van der Waals surface area contributed by atoms with Gasteiger partial charge in [-0.3, -0.25) is 0 Å². The van der Waals surface area contributed by atoms with Crippen LogP contribution in [0.3, 0.4) is 0 Å². The van der Waals surface area contributed by atoms with Crippen molar-refractivity contribution in [2.45, 2.75) is 6.10 Å². The van der Waals surface area contributed by atoms with E-state index >= 15 is 0 Å². The summed E-state index contributed by atoms with van der Waals surface area (Å²) in [6, 6.07) is 6.61. The molecule has 0 amide bonds. The Labute approximate surface area is 78.2 Å². The molecule has 0 bridgehead atoms. The van der Waals surface area contributed by atoms with Gasteiger partial charge in [-0.2, -0.15) is 0 Å². The second kappa shape index (κ2) is 4.25. The first-order valence-corrected chi connectivity index (χ1v) is 4.21. The standard InChI is InChI=1S/C10H15NO2/c1-11(2)7-10(13)8-3-5-9(12)6-4-8/h3-6,10,12-13H,7H2,1-2H3/t10-/m0/s1. The van der Waals surface area contributed by atoms with E-state index in [1.165, 1.54) is 0 Å². The maximum absolute atomic E-state index is 9.66. The van der Waals surface area contributed by atoms with Crippen LogP contribution in [0.1, 0.15) is 11.7 Å². The molecule has 1 aromatic rings. The molecule has 0 aliphatic heterocycles. The highest BCUT2D eigenvalue weighted by Crippen LogP contribution is 2.16. The minimum absolute atomic E-state index is 0.223. The number of aliphatic hydroxyl groups is 1. The van der Waals surface area contributed by atoms with Gasteiger partial charge in [0.25, 0.3) is 0 Å². The van der Waals surface area contributed by atoms with Gasteiger partial charge in [0.05, 0.1) is 6.10 Å². The molecule has 1 rings (SSSR count). The predicted octanol–water partition coefficient (Wildman–Crippen LogP) is 0.987. The van der Waals surface area contributed by atoms with Crippen LogP contribution in [0.2, 0.25) is 0 Å². The number of likely N-dealkylation sites (N-methyl/N-ethyl adjacent to an activating group) is 1. The molecule has 0 radical (unpaired) electrons. The number of hydrogen-bond donors (Lipinski definition) is 2. The largest absolute Gasteiger partial charge is 0.508 e. The molecule has 0 spiro atoms. The lowest BCUT2D eigenvalue weighted by Gasteiger charge is -2.15. The van der Waals surface area contributed by atoms with Gasteiger partial charge in [0.2, 0.25) is 0 Å². The number of rotatable bonds is 3. The maximum Gasteiger partial charge on any atom is 0.115 e. The molecular formula is C10H15NO2. The summed E-state index contributed by atoms with van der Waals surface area (Å²) in [7, 11) is 3.81. The molecule has 0 heterocycles. The van der Waals surface area contributed by atoms with E-state index in [1.807, 2.05) is 19.0 Å². The Bertz CT molecular complexity index is 256. The van der Waals surface area contributed by atoms with E-state index < -0.39 is 6.10 Å². The highest BCUT2D eigenvalue weighted by molar-refractivity contribution is 5.27. The number of hydrogen-bond acceptors (Lipinski definition) is 3. The van der Waals surface area contributed by atoms with Crippen molar-refractivity contribution in [2.24, 2.45) is 0 Å². The van der Waals surface area contributed by atoms with Gasteiger partial charge in [-0.15, -0.1) is 0 Å². The molecule has 2 N–H and O–H groups in total. The smallest absolute Gasteiger partial charge is 0.115 e. The van der Waals surface area contributed by atoms with E-state index in [9.17, 15) is 5.11 Å². The zero-order valence-corrected chi connectivity index (χ0v) is 7.94. The second-order valence-corrected chi connectivity index (χ2v) is 3.37. The summed E-state index contributed by atoms with van der Waals surface area (Å²) in [4.78, 5) is 1.91. The van der Waals surface area contributed by atoms with Crippen molar-refractivity contribution in [1.29, 1.82) is 0 Å². The molecule has 1 atom stereocenters. The van der Waals surface area contributed by atoms with Crippen molar-refractivity contribution in [1.82, 2.24) is 4.90 Å². The van der Waals surface area contributed by atoms with Crippen LogP contribution in [0.25, 0.3) is 0 Å². The average molecular weight is 181 g/mol. The van der Waals surface area contributed by atoms with Crippen LogP contribution >= 0.6 is 0 Å². The lowest BCUT2D eigenvalue weighted by molar-refractivity contribution is 0.138. The van der Waals surface area contributed by atoms with Crippen LogP contribution in [0.15, 0.2) is 24.3 Å². The fraction of sp³-hybridized carbons (Fsp3) is 0.400. The molecule has 0 aromatic heterocycles. The molecule has 1 aromatic carbocycles. The van der Waals surface area contributed by atoms with E-state index in [2.05, 4.69) is 0 Å². The Hall–Kier alpha value is -1.06. The van der Waals surface area contributed by atoms with Gasteiger partial charge in [-0.25, -0.2) is 0 Å². The van der Waals surface area contributed by atoms with Gasteiger partial charge in [-0.1, -0.05) is 12.1 Å². The van der Waals surface area contributed by atoms with Crippen LogP contribution in [0.5, 0.6) is 5.75 Å². The molecule has 0 fully saturated rings. The molecule has 13 heavy (non-hydrogen) atoms. The molecule has 0 saturated carbocycles. The first-order chi connectivity index (χ1) is 6.09. The van der Waals surface area contributed by atoms with Crippen LogP contribution < -0.4 is 0 Å². The number of phenols is 1. The summed E-state index contributed by atoms with van der Waals surface area (Å²) in [5.74, 6) is 0.223. The lowest BCUT2D eigenvalue weighted by atomic mass is 10.1. The first kappa shape index (κ1) is 10.0. The summed E-state index contributed by atoms with van der Waals surface area (Å²) in [6.07, 6.45) is -0.490. The van der Waals surface area contributed by atoms with E-state index in [0.29, 0.717) is 6.54 Å². The minimum Gasteiger partial charge on any atom is -0.508 e. The third-order valence-electron chi connectivity index (χ3n) is 1.82. The Balaban J connectivity index is 2.66. The fourth-order valence-electron chi connectivity index (χ4n) is 1.15. The zero-order chi connectivity index (χ0) is 9.84. The quantitative estimate of drug-likeness (QED) is 0.730. The van der Waals surface area contributed by atoms with Gasteiger partial charge in [0.15, 0.2) is 0 Å².